The van der Waals surface area contributed by atoms with E-state index in [1.807, 2.05) is 6.92 Å². The first-order chi connectivity index (χ1) is 17.4. The molecular formula is C25H31Cl2F2N3O4S. The number of nitrogens with one attached hydrogen (secondary N) is 1. The van der Waals surface area contributed by atoms with Crippen molar-refractivity contribution in [3.05, 3.63) is 63.6 Å². The standard InChI is InChI=1S/C25H31Cl2F2N3O4S/c1-4-12-30-25(34)23(5-2)31(16-17-8-10-19(26)20(27)14-17)24(33)7-6-13-32(37(3,35)36)18-9-11-21(28)22(29)15-18/h8-11,14-15,23H,4-7,12-13,16H2,1-3H3,(H,30,34)/t23-/m0/s1. The van der Waals surface area contributed by atoms with Crippen molar-refractivity contribution in [2.75, 3.05) is 23.7 Å². The van der Waals surface area contributed by atoms with E-state index in [1.54, 1.807) is 25.1 Å². The van der Waals surface area contributed by atoms with Crippen LogP contribution in [-0.2, 0) is 26.2 Å². The highest BCUT2D eigenvalue weighted by molar-refractivity contribution is 7.92. The van der Waals surface area contributed by atoms with Gasteiger partial charge in [-0.05, 0) is 49.1 Å². The largest absolute Gasteiger partial charge is 0.354 e. The molecule has 0 saturated heterocycles. The van der Waals surface area contributed by atoms with Crippen molar-refractivity contribution < 1.29 is 26.8 Å². The Morgan fingerprint density at radius 1 is 1.03 bits per heavy atom. The predicted molar refractivity (Wildman–Crippen MR) is 142 cm³/mol. The summed E-state index contributed by atoms with van der Waals surface area (Å²) in [5, 5.41) is 3.48. The van der Waals surface area contributed by atoms with Gasteiger partial charge >= 0.3 is 0 Å². The maximum atomic E-state index is 13.7. The topological polar surface area (TPSA) is 86.8 Å². The van der Waals surface area contributed by atoms with E-state index in [0.29, 0.717) is 28.6 Å². The van der Waals surface area contributed by atoms with Crippen LogP contribution >= 0.6 is 23.2 Å². The second-order valence-corrected chi connectivity index (χ2v) is 11.2. The molecule has 12 heteroatoms. The van der Waals surface area contributed by atoms with Crippen LogP contribution < -0.4 is 9.62 Å². The molecule has 0 spiro atoms. The number of anilines is 1. The number of carbonyl (C=O) groups excluding carboxylic acids is 2. The quantitative estimate of drug-likeness (QED) is 0.356. The Morgan fingerprint density at radius 3 is 2.30 bits per heavy atom. The molecule has 0 aromatic heterocycles. The van der Waals surface area contributed by atoms with E-state index >= 15 is 0 Å². The maximum absolute atomic E-state index is 13.7. The van der Waals surface area contributed by atoms with Gasteiger partial charge in [-0.15, -0.1) is 0 Å². The number of rotatable bonds is 13. The molecule has 0 unspecified atom stereocenters. The zero-order valence-electron chi connectivity index (χ0n) is 20.9. The highest BCUT2D eigenvalue weighted by Crippen LogP contribution is 2.25. The Balaban J connectivity index is 2.24. The van der Waals surface area contributed by atoms with E-state index in [1.165, 1.54) is 4.90 Å². The fraction of sp³-hybridized carbons (Fsp3) is 0.440. The molecule has 2 aromatic rings. The average molecular weight is 579 g/mol. The second kappa shape index (κ2) is 13.9. The zero-order chi connectivity index (χ0) is 27.8. The van der Waals surface area contributed by atoms with Gasteiger partial charge in [0.15, 0.2) is 11.6 Å². The minimum atomic E-state index is -3.84. The lowest BCUT2D eigenvalue weighted by molar-refractivity contribution is -0.141. The van der Waals surface area contributed by atoms with Crippen LogP contribution in [0.1, 0.15) is 45.1 Å². The first-order valence-corrected chi connectivity index (χ1v) is 14.4. The normalized spacial score (nSPS) is 12.2. The zero-order valence-corrected chi connectivity index (χ0v) is 23.3. The second-order valence-electron chi connectivity index (χ2n) is 8.52. The summed E-state index contributed by atoms with van der Waals surface area (Å²) in [4.78, 5) is 27.6. The Labute approximate surface area is 226 Å². The molecule has 0 aliphatic carbocycles. The van der Waals surface area contributed by atoms with E-state index in [4.69, 9.17) is 23.2 Å². The molecule has 2 aromatic carbocycles. The van der Waals surface area contributed by atoms with Crippen molar-refractivity contribution in [3.63, 3.8) is 0 Å². The van der Waals surface area contributed by atoms with Crippen LogP contribution in [0.3, 0.4) is 0 Å². The van der Waals surface area contributed by atoms with Crippen LogP contribution in [0.25, 0.3) is 0 Å². The molecule has 2 rings (SSSR count). The lowest BCUT2D eigenvalue weighted by atomic mass is 10.1. The molecular weight excluding hydrogens is 547 g/mol. The molecule has 0 heterocycles. The van der Waals surface area contributed by atoms with Gasteiger partial charge in [-0.1, -0.05) is 43.1 Å². The fourth-order valence-electron chi connectivity index (χ4n) is 3.76. The SMILES string of the molecule is CCCNC(=O)[C@H](CC)N(Cc1ccc(Cl)c(Cl)c1)C(=O)CCCN(c1ccc(F)c(F)c1)S(C)(=O)=O. The summed E-state index contributed by atoms with van der Waals surface area (Å²) in [7, 11) is -3.84. The summed E-state index contributed by atoms with van der Waals surface area (Å²) in [5.41, 5.74) is 0.621. The number of amides is 2. The summed E-state index contributed by atoms with van der Waals surface area (Å²) in [6.07, 6.45) is 2.02. The van der Waals surface area contributed by atoms with E-state index in [2.05, 4.69) is 5.32 Å². The number of hydrogen-bond donors (Lipinski definition) is 1. The lowest BCUT2D eigenvalue weighted by Crippen LogP contribution is -2.49. The third-order valence-electron chi connectivity index (χ3n) is 5.62. The Hall–Kier alpha value is -2.43. The van der Waals surface area contributed by atoms with E-state index in [0.717, 1.165) is 35.2 Å². The highest BCUT2D eigenvalue weighted by atomic mass is 35.5. The van der Waals surface area contributed by atoms with Crippen molar-refractivity contribution in [3.8, 4) is 0 Å². The van der Waals surface area contributed by atoms with Crippen LogP contribution in [0.5, 0.6) is 0 Å². The van der Waals surface area contributed by atoms with Crippen LogP contribution in [-0.4, -0.2) is 50.5 Å². The minimum Gasteiger partial charge on any atom is -0.354 e. The van der Waals surface area contributed by atoms with Gasteiger partial charge in [-0.2, -0.15) is 0 Å². The number of hydrogen-bond acceptors (Lipinski definition) is 4. The van der Waals surface area contributed by atoms with Crippen LogP contribution in [0, 0.1) is 11.6 Å². The van der Waals surface area contributed by atoms with Crippen molar-refractivity contribution >= 4 is 50.7 Å². The highest BCUT2D eigenvalue weighted by Gasteiger charge is 2.29. The van der Waals surface area contributed by atoms with Gasteiger partial charge in [0.05, 0.1) is 22.0 Å². The molecule has 0 saturated carbocycles. The van der Waals surface area contributed by atoms with Crippen LogP contribution in [0.4, 0.5) is 14.5 Å². The van der Waals surface area contributed by atoms with Gasteiger partial charge in [0.1, 0.15) is 6.04 Å². The predicted octanol–water partition coefficient (Wildman–Crippen LogP) is 5.15. The molecule has 1 atom stereocenters. The fourth-order valence-corrected chi connectivity index (χ4v) is 5.04. The van der Waals surface area contributed by atoms with Crippen molar-refractivity contribution in [2.45, 2.75) is 52.1 Å². The summed E-state index contributed by atoms with van der Waals surface area (Å²) in [6, 6.07) is 6.96. The van der Waals surface area contributed by atoms with Gasteiger partial charge in [-0.3, -0.25) is 13.9 Å². The molecule has 0 bridgehead atoms. The van der Waals surface area contributed by atoms with Crippen molar-refractivity contribution in [1.82, 2.24) is 10.2 Å². The van der Waals surface area contributed by atoms with Crippen LogP contribution in [0.2, 0.25) is 10.0 Å². The van der Waals surface area contributed by atoms with Gasteiger partial charge in [0.25, 0.3) is 0 Å². The Kier molecular flexibility index (Phi) is 11.6. The van der Waals surface area contributed by atoms with E-state index in [-0.39, 0.29) is 43.4 Å². The number of benzene rings is 2. The molecule has 37 heavy (non-hydrogen) atoms. The maximum Gasteiger partial charge on any atom is 0.242 e. The lowest BCUT2D eigenvalue weighted by Gasteiger charge is -2.31. The van der Waals surface area contributed by atoms with Gasteiger partial charge in [-0.25, -0.2) is 17.2 Å². The number of halogens is 4. The van der Waals surface area contributed by atoms with E-state index in [9.17, 15) is 26.8 Å². The van der Waals surface area contributed by atoms with Gasteiger partial charge < -0.3 is 10.2 Å². The first-order valence-electron chi connectivity index (χ1n) is 11.8. The number of carbonyl (C=O) groups is 2. The van der Waals surface area contributed by atoms with Crippen molar-refractivity contribution in [1.29, 1.82) is 0 Å². The molecule has 0 radical (unpaired) electrons. The van der Waals surface area contributed by atoms with Gasteiger partial charge in [0.2, 0.25) is 21.8 Å². The molecule has 204 valence electrons. The summed E-state index contributed by atoms with van der Waals surface area (Å²) in [5.74, 6) is -2.95. The summed E-state index contributed by atoms with van der Waals surface area (Å²) in [6.45, 7) is 4.11. The van der Waals surface area contributed by atoms with E-state index < -0.39 is 27.7 Å². The summed E-state index contributed by atoms with van der Waals surface area (Å²) < 4.78 is 52.6. The van der Waals surface area contributed by atoms with Crippen molar-refractivity contribution in [2.24, 2.45) is 0 Å². The Bertz CT molecular complexity index is 1210. The molecule has 0 fully saturated rings. The smallest absolute Gasteiger partial charge is 0.242 e. The molecule has 0 aliphatic heterocycles. The molecule has 1 N–H and O–H groups in total. The van der Waals surface area contributed by atoms with Crippen LogP contribution in [0.15, 0.2) is 36.4 Å². The Morgan fingerprint density at radius 2 is 1.73 bits per heavy atom. The average Bonchev–Trinajstić information content (AvgIpc) is 2.83. The first kappa shape index (κ1) is 30.8. The molecule has 0 aliphatic rings. The third-order valence-corrected chi connectivity index (χ3v) is 7.55. The monoisotopic (exact) mass is 577 g/mol. The number of sulfonamides is 1. The summed E-state index contributed by atoms with van der Waals surface area (Å²) >= 11 is 12.1. The molecule has 2 amide bonds. The third kappa shape index (κ3) is 8.83. The minimum absolute atomic E-state index is 0.0492. The molecule has 7 nitrogen and oxygen atoms in total. The number of nitrogens with zero attached hydrogens (tertiary/aromatic N) is 2. The van der Waals surface area contributed by atoms with Gasteiger partial charge in [0, 0.05) is 32.1 Å².